The van der Waals surface area contributed by atoms with Gasteiger partial charge in [0.1, 0.15) is 0 Å². The van der Waals surface area contributed by atoms with Gasteiger partial charge in [-0.25, -0.2) is 0 Å². The van der Waals surface area contributed by atoms with Crippen molar-refractivity contribution in [3.63, 3.8) is 0 Å². The molecule has 6 fully saturated rings. The SMILES string of the molecule is CC(=O)Cl.CC(=O)NC12CC(C1)C2.NC12CC(C1)C2. The Morgan fingerprint density at radius 2 is 1.37 bits per heavy atom. The van der Waals surface area contributed by atoms with Crippen LogP contribution in [0.5, 0.6) is 0 Å². The number of halogens is 1. The maximum absolute atomic E-state index is 10.6. The minimum Gasteiger partial charge on any atom is -0.351 e. The van der Waals surface area contributed by atoms with Gasteiger partial charge in [-0.2, -0.15) is 0 Å². The van der Waals surface area contributed by atoms with E-state index in [2.05, 4.69) is 16.9 Å². The third kappa shape index (κ3) is 3.48. The fourth-order valence-corrected chi connectivity index (χ4v) is 3.55. The second kappa shape index (κ2) is 5.06. The molecule has 0 heterocycles. The van der Waals surface area contributed by atoms with Crippen molar-refractivity contribution < 1.29 is 9.59 Å². The zero-order valence-electron chi connectivity index (χ0n) is 11.7. The molecule has 0 radical (unpaired) electrons. The highest BCUT2D eigenvalue weighted by atomic mass is 35.5. The van der Waals surface area contributed by atoms with Crippen LogP contribution in [0.1, 0.15) is 52.4 Å². The highest BCUT2D eigenvalue weighted by Crippen LogP contribution is 2.56. The number of amides is 1. The van der Waals surface area contributed by atoms with E-state index in [-0.39, 0.29) is 16.7 Å². The number of carbonyl (C=O) groups is 2. The molecule has 0 aliphatic heterocycles. The molecule has 6 aliphatic carbocycles. The summed E-state index contributed by atoms with van der Waals surface area (Å²) in [4.78, 5) is 19.8. The van der Waals surface area contributed by atoms with Crippen molar-refractivity contribution in [2.24, 2.45) is 17.6 Å². The van der Waals surface area contributed by atoms with Gasteiger partial charge in [-0.1, -0.05) is 0 Å². The molecule has 1 amide bonds. The van der Waals surface area contributed by atoms with Gasteiger partial charge in [-0.3, -0.25) is 9.59 Å². The zero-order valence-corrected chi connectivity index (χ0v) is 12.4. The van der Waals surface area contributed by atoms with Crippen LogP contribution in [0.2, 0.25) is 0 Å². The average Bonchev–Trinajstić information content (AvgIpc) is 2.04. The molecule has 0 saturated heterocycles. The quantitative estimate of drug-likeness (QED) is 0.724. The van der Waals surface area contributed by atoms with Crippen LogP contribution < -0.4 is 11.1 Å². The summed E-state index contributed by atoms with van der Waals surface area (Å²) in [5, 5.41) is 2.62. The van der Waals surface area contributed by atoms with E-state index < -0.39 is 0 Å². The lowest BCUT2D eigenvalue weighted by Gasteiger charge is -2.61. The summed E-state index contributed by atoms with van der Waals surface area (Å²) >= 11 is 4.64. The normalized spacial score (nSPS) is 42.3. The summed E-state index contributed by atoms with van der Waals surface area (Å²) in [6.07, 6.45) is 7.71. The van der Waals surface area contributed by atoms with Crippen molar-refractivity contribution >= 4 is 22.8 Å². The number of hydrogen-bond donors (Lipinski definition) is 2. The third-order valence-corrected chi connectivity index (χ3v) is 4.57. The molecule has 6 aliphatic rings. The van der Waals surface area contributed by atoms with Gasteiger partial charge >= 0.3 is 0 Å². The fraction of sp³-hybridized carbons (Fsp3) is 0.857. The first-order chi connectivity index (χ1) is 8.72. The maximum Gasteiger partial charge on any atom is 0.218 e. The van der Waals surface area contributed by atoms with E-state index in [0.29, 0.717) is 5.54 Å². The van der Waals surface area contributed by atoms with Crippen LogP contribution in [-0.2, 0) is 9.59 Å². The Bertz CT molecular complexity index is 359. The van der Waals surface area contributed by atoms with Gasteiger partial charge in [0, 0.05) is 24.9 Å². The topological polar surface area (TPSA) is 72.2 Å². The van der Waals surface area contributed by atoms with Crippen LogP contribution in [0.15, 0.2) is 0 Å². The molecule has 0 aromatic carbocycles. The molecular formula is C14H23ClN2O2. The van der Waals surface area contributed by atoms with Crippen LogP contribution in [0.3, 0.4) is 0 Å². The van der Waals surface area contributed by atoms with Crippen molar-refractivity contribution in [1.29, 1.82) is 0 Å². The predicted octanol–water partition coefficient (Wildman–Crippen LogP) is 1.94. The van der Waals surface area contributed by atoms with Crippen LogP contribution in [0.25, 0.3) is 0 Å². The van der Waals surface area contributed by atoms with Gasteiger partial charge in [0.2, 0.25) is 11.1 Å². The molecule has 0 aromatic heterocycles. The van der Waals surface area contributed by atoms with Crippen molar-refractivity contribution in [2.75, 3.05) is 0 Å². The minimum atomic E-state index is -0.361. The Morgan fingerprint density at radius 1 is 1.05 bits per heavy atom. The molecule has 0 atom stereocenters. The Balaban J connectivity index is 0.000000116. The standard InChI is InChI=1S/C7H11NO.C5H9N.C2H3ClO/c1-5(9)8-7-2-6(3-7)4-7;6-5-1-4(2-5)3-5;1-2(3)4/h6H,2-4H2,1H3,(H,8,9);4H,1-3,6H2;1H3. The first-order valence-electron chi connectivity index (χ1n) is 6.96. The summed E-state index contributed by atoms with van der Waals surface area (Å²) < 4.78 is 0. The molecule has 6 saturated carbocycles. The van der Waals surface area contributed by atoms with E-state index in [1.165, 1.54) is 45.4 Å². The third-order valence-electron chi connectivity index (χ3n) is 4.57. The number of nitrogens with one attached hydrogen (secondary N) is 1. The maximum atomic E-state index is 10.6. The molecule has 5 heteroatoms. The van der Waals surface area contributed by atoms with E-state index in [4.69, 9.17) is 5.73 Å². The number of carbonyl (C=O) groups excluding carboxylic acids is 2. The lowest BCUT2D eigenvalue weighted by atomic mass is 9.50. The van der Waals surface area contributed by atoms with E-state index in [9.17, 15) is 9.59 Å². The fourth-order valence-electron chi connectivity index (χ4n) is 3.55. The van der Waals surface area contributed by atoms with Gasteiger partial charge in [0.15, 0.2) is 0 Å². The van der Waals surface area contributed by atoms with Gasteiger partial charge in [0.25, 0.3) is 0 Å². The number of nitrogens with two attached hydrogens (primary N) is 1. The molecule has 0 spiro atoms. The number of hydrogen-bond acceptors (Lipinski definition) is 3. The number of rotatable bonds is 1. The smallest absolute Gasteiger partial charge is 0.218 e. The molecular weight excluding hydrogens is 264 g/mol. The van der Waals surface area contributed by atoms with E-state index in [0.717, 1.165) is 11.8 Å². The first kappa shape index (κ1) is 14.8. The Morgan fingerprint density at radius 3 is 1.42 bits per heavy atom. The van der Waals surface area contributed by atoms with Gasteiger partial charge in [-0.15, -0.1) is 0 Å². The molecule has 19 heavy (non-hydrogen) atoms. The van der Waals surface area contributed by atoms with Crippen molar-refractivity contribution in [3.05, 3.63) is 0 Å². The predicted molar refractivity (Wildman–Crippen MR) is 74.7 cm³/mol. The lowest BCUT2D eigenvalue weighted by molar-refractivity contribution is -0.130. The van der Waals surface area contributed by atoms with Crippen LogP contribution in [-0.4, -0.2) is 22.2 Å². The molecule has 6 rings (SSSR count). The van der Waals surface area contributed by atoms with Crippen LogP contribution in [0, 0.1) is 11.8 Å². The molecule has 3 N–H and O–H groups in total. The Kier molecular flexibility index (Phi) is 3.94. The first-order valence-corrected chi connectivity index (χ1v) is 7.33. The lowest BCUT2D eigenvalue weighted by Crippen LogP contribution is -2.67. The monoisotopic (exact) mass is 286 g/mol. The second-order valence-corrected chi connectivity index (χ2v) is 7.28. The van der Waals surface area contributed by atoms with Crippen molar-refractivity contribution in [2.45, 2.75) is 63.5 Å². The van der Waals surface area contributed by atoms with Gasteiger partial charge in [0.05, 0.1) is 0 Å². The van der Waals surface area contributed by atoms with Gasteiger partial charge < -0.3 is 11.1 Å². The van der Waals surface area contributed by atoms with Gasteiger partial charge in [-0.05, 0) is 62.0 Å². The van der Waals surface area contributed by atoms with Crippen LogP contribution in [0.4, 0.5) is 0 Å². The summed E-state index contributed by atoms with van der Waals surface area (Å²) in [5.74, 6) is 2.14. The molecule has 0 unspecified atom stereocenters. The summed E-state index contributed by atoms with van der Waals surface area (Å²) in [6.45, 7) is 2.89. The second-order valence-electron chi connectivity index (χ2n) is 6.75. The van der Waals surface area contributed by atoms with E-state index in [1.54, 1.807) is 6.92 Å². The Labute approximate surface area is 119 Å². The highest BCUT2D eigenvalue weighted by Gasteiger charge is 2.57. The highest BCUT2D eigenvalue weighted by molar-refractivity contribution is 6.62. The van der Waals surface area contributed by atoms with Crippen molar-refractivity contribution in [3.8, 4) is 0 Å². The molecule has 0 aromatic rings. The Hall–Kier alpha value is -0.610. The van der Waals surface area contributed by atoms with Crippen LogP contribution >= 0.6 is 11.6 Å². The van der Waals surface area contributed by atoms with Crippen molar-refractivity contribution in [1.82, 2.24) is 5.32 Å². The van der Waals surface area contributed by atoms with E-state index >= 15 is 0 Å². The largest absolute Gasteiger partial charge is 0.351 e. The summed E-state index contributed by atoms with van der Waals surface area (Å²) in [7, 11) is 0. The summed E-state index contributed by atoms with van der Waals surface area (Å²) in [5.41, 5.74) is 6.34. The molecule has 4 nitrogen and oxygen atoms in total. The molecule has 4 bridgehead atoms. The summed E-state index contributed by atoms with van der Waals surface area (Å²) in [6, 6.07) is 0. The molecule has 108 valence electrons. The zero-order chi connectivity index (χ0) is 14.3. The minimum absolute atomic E-state index is 0.133. The average molecular weight is 287 g/mol. The van der Waals surface area contributed by atoms with E-state index in [1.807, 2.05) is 0 Å².